The third kappa shape index (κ3) is 2.16. The predicted octanol–water partition coefficient (Wildman–Crippen LogP) is 2.61. The lowest BCUT2D eigenvalue weighted by Crippen LogP contribution is -2.02. The molecule has 76 valence electrons. The van der Waals surface area contributed by atoms with Gasteiger partial charge in [-0.2, -0.15) is 4.37 Å². The Balaban J connectivity index is 2.42. The van der Waals surface area contributed by atoms with Crippen molar-refractivity contribution < 1.29 is 4.79 Å². The van der Waals surface area contributed by atoms with E-state index in [4.69, 9.17) is 17.3 Å². The van der Waals surface area contributed by atoms with Crippen molar-refractivity contribution >= 4 is 34.6 Å². The number of rotatable bonds is 2. The number of hydrogen-bond acceptors (Lipinski definition) is 4. The average Bonchev–Trinajstić information content (AvgIpc) is 2.67. The third-order valence-electron chi connectivity index (χ3n) is 1.85. The van der Waals surface area contributed by atoms with Crippen LogP contribution in [0.2, 0.25) is 5.02 Å². The lowest BCUT2D eigenvalue weighted by Gasteiger charge is -2.00. The first-order valence-corrected chi connectivity index (χ1v) is 5.39. The van der Waals surface area contributed by atoms with Crippen molar-refractivity contribution in [3.05, 3.63) is 45.9 Å². The molecule has 0 fully saturated rings. The van der Waals surface area contributed by atoms with E-state index in [-0.39, 0.29) is 5.78 Å². The van der Waals surface area contributed by atoms with Gasteiger partial charge in [0.1, 0.15) is 5.69 Å². The number of ketones is 1. The van der Waals surface area contributed by atoms with Crippen molar-refractivity contribution in [1.29, 1.82) is 0 Å². The summed E-state index contributed by atoms with van der Waals surface area (Å²) in [5, 5.41) is 2.20. The van der Waals surface area contributed by atoms with Gasteiger partial charge >= 0.3 is 0 Å². The van der Waals surface area contributed by atoms with Crippen molar-refractivity contribution in [2.75, 3.05) is 5.73 Å². The Bertz CT molecular complexity index is 476. The van der Waals surface area contributed by atoms with Crippen LogP contribution in [0.25, 0.3) is 0 Å². The highest BCUT2D eigenvalue weighted by Gasteiger charge is 2.11. The summed E-state index contributed by atoms with van der Waals surface area (Å²) in [6.07, 6.45) is 0. The topological polar surface area (TPSA) is 56.0 Å². The summed E-state index contributed by atoms with van der Waals surface area (Å²) in [6.45, 7) is 0. The fourth-order valence-electron chi connectivity index (χ4n) is 1.22. The molecule has 0 saturated carbocycles. The van der Waals surface area contributed by atoms with Crippen molar-refractivity contribution in [3.8, 4) is 0 Å². The van der Waals surface area contributed by atoms with Gasteiger partial charge in [0.25, 0.3) is 0 Å². The smallest absolute Gasteiger partial charge is 0.212 e. The summed E-state index contributed by atoms with van der Waals surface area (Å²) in [4.78, 5) is 11.8. The Labute approximate surface area is 95.7 Å². The molecule has 0 bridgehead atoms. The highest BCUT2D eigenvalue weighted by atomic mass is 35.5. The minimum atomic E-state index is -0.162. The largest absolute Gasteiger partial charge is 0.399 e. The van der Waals surface area contributed by atoms with Gasteiger partial charge in [-0.25, -0.2) is 0 Å². The number of nitrogens with zero attached hydrogens (tertiary/aromatic N) is 1. The van der Waals surface area contributed by atoms with Gasteiger partial charge in [0.05, 0.1) is 0 Å². The molecule has 0 amide bonds. The summed E-state index contributed by atoms with van der Waals surface area (Å²) in [5.41, 5.74) is 6.95. The molecule has 2 rings (SSSR count). The molecule has 0 spiro atoms. The lowest BCUT2D eigenvalue weighted by molar-refractivity contribution is 0.103. The standard InChI is InChI=1S/C10H7ClN2OS/c11-7-3-6(4-8(12)5-7)10(14)9-1-2-15-13-9/h1-5H,12H2. The molecule has 2 N–H and O–H groups in total. The van der Waals surface area contributed by atoms with E-state index in [0.717, 1.165) is 0 Å². The Morgan fingerprint density at radius 3 is 2.80 bits per heavy atom. The van der Waals surface area contributed by atoms with Gasteiger partial charge in [0.15, 0.2) is 0 Å². The second-order valence-electron chi connectivity index (χ2n) is 2.99. The van der Waals surface area contributed by atoms with Gasteiger partial charge in [-0.3, -0.25) is 4.79 Å². The van der Waals surface area contributed by atoms with E-state index >= 15 is 0 Å². The first kappa shape index (κ1) is 10.1. The predicted molar refractivity (Wildman–Crippen MR) is 61.4 cm³/mol. The summed E-state index contributed by atoms with van der Waals surface area (Å²) in [7, 11) is 0. The second kappa shape index (κ2) is 4.00. The number of carbonyl (C=O) groups is 1. The number of nitrogen functional groups attached to an aromatic ring is 1. The van der Waals surface area contributed by atoms with E-state index in [1.54, 1.807) is 29.6 Å². The molecule has 2 aromatic rings. The van der Waals surface area contributed by atoms with E-state index < -0.39 is 0 Å². The molecular formula is C10H7ClN2OS. The zero-order valence-electron chi connectivity index (χ0n) is 7.61. The molecule has 1 heterocycles. The van der Waals surface area contributed by atoms with Crippen LogP contribution in [0.4, 0.5) is 5.69 Å². The van der Waals surface area contributed by atoms with Gasteiger partial charge in [-0.1, -0.05) is 11.6 Å². The second-order valence-corrected chi connectivity index (χ2v) is 4.09. The van der Waals surface area contributed by atoms with Gasteiger partial charge in [-0.05, 0) is 35.8 Å². The van der Waals surface area contributed by atoms with Gasteiger partial charge < -0.3 is 5.73 Å². The first-order chi connectivity index (χ1) is 7.16. The maximum atomic E-state index is 11.8. The zero-order valence-corrected chi connectivity index (χ0v) is 9.18. The number of anilines is 1. The Morgan fingerprint density at radius 1 is 1.40 bits per heavy atom. The van der Waals surface area contributed by atoms with Gasteiger partial charge in [-0.15, -0.1) is 0 Å². The van der Waals surface area contributed by atoms with Gasteiger partial charge in [0, 0.05) is 21.7 Å². The molecule has 1 aromatic heterocycles. The maximum Gasteiger partial charge on any atom is 0.212 e. The molecule has 15 heavy (non-hydrogen) atoms. The normalized spacial score (nSPS) is 10.2. The Hall–Kier alpha value is -1.39. The van der Waals surface area contributed by atoms with E-state index in [0.29, 0.717) is 22.0 Å². The van der Waals surface area contributed by atoms with Crippen LogP contribution in [0.15, 0.2) is 29.6 Å². The summed E-state index contributed by atoms with van der Waals surface area (Å²) >= 11 is 7.04. The van der Waals surface area contributed by atoms with Crippen LogP contribution >= 0.6 is 23.1 Å². The van der Waals surface area contributed by atoms with Crippen molar-refractivity contribution in [1.82, 2.24) is 4.37 Å². The molecule has 1 aromatic carbocycles. The molecule has 0 aliphatic rings. The molecule has 0 aliphatic carbocycles. The molecule has 0 unspecified atom stereocenters. The summed E-state index contributed by atoms with van der Waals surface area (Å²) < 4.78 is 3.96. The lowest BCUT2D eigenvalue weighted by atomic mass is 10.1. The Morgan fingerprint density at radius 2 is 2.20 bits per heavy atom. The van der Waals surface area contributed by atoms with E-state index in [1.165, 1.54) is 11.5 Å². The number of carbonyl (C=O) groups excluding carboxylic acids is 1. The van der Waals surface area contributed by atoms with Crippen LogP contribution in [-0.4, -0.2) is 10.2 Å². The minimum absolute atomic E-state index is 0.162. The molecule has 0 aliphatic heterocycles. The maximum absolute atomic E-state index is 11.8. The highest BCUT2D eigenvalue weighted by molar-refractivity contribution is 7.03. The average molecular weight is 239 g/mol. The van der Waals surface area contributed by atoms with Crippen LogP contribution in [-0.2, 0) is 0 Å². The number of halogens is 1. The van der Waals surface area contributed by atoms with Crippen molar-refractivity contribution in [3.63, 3.8) is 0 Å². The monoisotopic (exact) mass is 238 g/mol. The molecule has 5 heteroatoms. The summed E-state index contributed by atoms with van der Waals surface area (Å²) in [5.74, 6) is -0.162. The fraction of sp³-hybridized carbons (Fsp3) is 0. The van der Waals surface area contributed by atoms with E-state index in [2.05, 4.69) is 4.37 Å². The third-order valence-corrected chi connectivity index (χ3v) is 2.63. The molecule has 0 saturated heterocycles. The first-order valence-electron chi connectivity index (χ1n) is 4.18. The SMILES string of the molecule is Nc1cc(Cl)cc(C(=O)c2ccsn2)c1. The van der Waals surface area contributed by atoms with E-state index in [9.17, 15) is 4.79 Å². The summed E-state index contributed by atoms with van der Waals surface area (Å²) in [6, 6.07) is 6.44. The van der Waals surface area contributed by atoms with Crippen LogP contribution in [0.1, 0.15) is 16.1 Å². The zero-order chi connectivity index (χ0) is 10.8. The Kier molecular flexibility index (Phi) is 2.70. The number of benzene rings is 1. The van der Waals surface area contributed by atoms with Crippen molar-refractivity contribution in [2.45, 2.75) is 0 Å². The quantitative estimate of drug-likeness (QED) is 0.646. The van der Waals surface area contributed by atoms with Crippen LogP contribution < -0.4 is 5.73 Å². The van der Waals surface area contributed by atoms with Crippen LogP contribution in [0.5, 0.6) is 0 Å². The van der Waals surface area contributed by atoms with Crippen molar-refractivity contribution in [2.24, 2.45) is 0 Å². The molecule has 0 atom stereocenters. The van der Waals surface area contributed by atoms with Crippen LogP contribution in [0.3, 0.4) is 0 Å². The fourth-order valence-corrected chi connectivity index (χ4v) is 1.97. The van der Waals surface area contributed by atoms with Gasteiger partial charge in [0.2, 0.25) is 5.78 Å². The molecule has 0 radical (unpaired) electrons. The number of aromatic nitrogens is 1. The van der Waals surface area contributed by atoms with E-state index in [1.807, 2.05) is 0 Å². The number of hydrogen-bond donors (Lipinski definition) is 1. The molecular weight excluding hydrogens is 232 g/mol. The number of nitrogens with two attached hydrogens (primary N) is 1. The molecule has 3 nitrogen and oxygen atoms in total. The minimum Gasteiger partial charge on any atom is -0.399 e. The van der Waals surface area contributed by atoms with Crippen LogP contribution in [0, 0.1) is 0 Å². The highest BCUT2D eigenvalue weighted by Crippen LogP contribution is 2.19.